The van der Waals surface area contributed by atoms with Gasteiger partial charge in [0.15, 0.2) is 4.77 Å². The topological polar surface area (TPSA) is 39.2 Å². The maximum atomic E-state index is 5.63. The molecule has 128 valence electrons. The number of ether oxygens (including phenoxy) is 2. The molecular weight excluding hydrogens is 332 g/mol. The second-order valence-electron chi connectivity index (χ2n) is 6.21. The van der Waals surface area contributed by atoms with Crippen molar-refractivity contribution >= 4 is 12.2 Å². The Morgan fingerprint density at radius 1 is 0.880 bits per heavy atom. The monoisotopic (exact) mass is 352 g/mol. The van der Waals surface area contributed by atoms with Crippen LogP contribution in [-0.4, -0.2) is 23.8 Å². The number of rotatable bonds is 5. The van der Waals surface area contributed by atoms with E-state index in [9.17, 15) is 0 Å². The number of benzene rings is 2. The number of H-pyrrole nitrogens is 1. The Labute approximate surface area is 152 Å². The summed E-state index contributed by atoms with van der Waals surface area (Å²) in [6.07, 6.45) is 2.36. The third-order valence-electron chi connectivity index (χ3n) is 4.58. The standard InChI is InChI=1S/C20H20N2O2S/c1-23-16-9-3-13(4-10-16)18-19(14-5-11-17(24-2)12-6-14)22(15-7-8-15)20(25)21-18/h3-6,9-12,15H,7-8H2,1-2H3,(H,21,25). The number of aromatic amines is 1. The van der Waals surface area contributed by atoms with Gasteiger partial charge >= 0.3 is 0 Å². The SMILES string of the molecule is COc1ccc(-c2[nH]c(=S)n(C3CC3)c2-c2ccc(OC)cc2)cc1. The first-order chi connectivity index (χ1) is 12.2. The van der Waals surface area contributed by atoms with Gasteiger partial charge in [-0.1, -0.05) is 0 Å². The van der Waals surface area contributed by atoms with Crippen LogP contribution in [0, 0.1) is 4.77 Å². The van der Waals surface area contributed by atoms with Gasteiger partial charge in [0.05, 0.1) is 25.6 Å². The Bertz CT molecular complexity index is 935. The predicted octanol–water partition coefficient (Wildman–Crippen LogP) is 5.23. The second kappa shape index (κ2) is 6.41. The minimum absolute atomic E-state index is 0.493. The van der Waals surface area contributed by atoms with E-state index in [0.717, 1.165) is 38.8 Å². The van der Waals surface area contributed by atoms with Gasteiger partial charge in [-0.3, -0.25) is 0 Å². The fourth-order valence-electron chi connectivity index (χ4n) is 3.13. The van der Waals surface area contributed by atoms with Crippen LogP contribution in [0.3, 0.4) is 0 Å². The Hall–Kier alpha value is -2.53. The van der Waals surface area contributed by atoms with Gasteiger partial charge in [0.25, 0.3) is 0 Å². The Morgan fingerprint density at radius 3 is 1.88 bits per heavy atom. The van der Waals surface area contributed by atoms with Gasteiger partial charge in [-0.05, 0) is 73.6 Å². The fraction of sp³-hybridized carbons (Fsp3) is 0.250. The van der Waals surface area contributed by atoms with E-state index in [0.29, 0.717) is 6.04 Å². The van der Waals surface area contributed by atoms with Crippen LogP contribution >= 0.6 is 12.2 Å². The molecule has 1 aromatic heterocycles. The fourth-order valence-corrected chi connectivity index (χ4v) is 3.47. The van der Waals surface area contributed by atoms with Crippen molar-refractivity contribution in [2.45, 2.75) is 18.9 Å². The average molecular weight is 352 g/mol. The van der Waals surface area contributed by atoms with Gasteiger partial charge in [0.2, 0.25) is 0 Å². The first-order valence-corrected chi connectivity index (χ1v) is 8.75. The molecule has 1 N–H and O–H groups in total. The van der Waals surface area contributed by atoms with E-state index >= 15 is 0 Å². The Morgan fingerprint density at radius 2 is 1.40 bits per heavy atom. The maximum absolute atomic E-state index is 5.63. The number of methoxy groups -OCH3 is 2. The van der Waals surface area contributed by atoms with Crippen LogP contribution in [0.2, 0.25) is 0 Å². The van der Waals surface area contributed by atoms with Crippen LogP contribution < -0.4 is 9.47 Å². The van der Waals surface area contributed by atoms with E-state index in [4.69, 9.17) is 21.7 Å². The summed E-state index contributed by atoms with van der Waals surface area (Å²) in [5.74, 6) is 1.69. The van der Waals surface area contributed by atoms with Crippen LogP contribution in [0.1, 0.15) is 18.9 Å². The number of hydrogen-bond acceptors (Lipinski definition) is 3. The number of nitrogens with zero attached hydrogens (tertiary/aromatic N) is 1. The summed E-state index contributed by atoms with van der Waals surface area (Å²) in [6.45, 7) is 0. The average Bonchev–Trinajstić information content (AvgIpc) is 3.44. The zero-order chi connectivity index (χ0) is 17.4. The summed E-state index contributed by atoms with van der Waals surface area (Å²) in [5.41, 5.74) is 4.41. The molecule has 1 saturated carbocycles. The summed E-state index contributed by atoms with van der Waals surface area (Å²) < 4.78 is 13.6. The molecule has 1 aliphatic rings. The lowest BCUT2D eigenvalue weighted by Gasteiger charge is -2.11. The molecule has 25 heavy (non-hydrogen) atoms. The quantitative estimate of drug-likeness (QED) is 0.639. The van der Waals surface area contributed by atoms with Crippen LogP contribution in [0.4, 0.5) is 0 Å². The molecule has 5 heteroatoms. The normalized spacial score (nSPS) is 13.7. The van der Waals surface area contributed by atoms with E-state index in [1.807, 2.05) is 24.3 Å². The van der Waals surface area contributed by atoms with Crippen LogP contribution in [0.25, 0.3) is 22.5 Å². The van der Waals surface area contributed by atoms with Crippen molar-refractivity contribution in [1.82, 2.24) is 9.55 Å². The van der Waals surface area contributed by atoms with E-state index in [1.54, 1.807) is 14.2 Å². The zero-order valence-electron chi connectivity index (χ0n) is 14.3. The zero-order valence-corrected chi connectivity index (χ0v) is 15.1. The number of imidazole rings is 1. The van der Waals surface area contributed by atoms with Crippen LogP contribution in [0.15, 0.2) is 48.5 Å². The largest absolute Gasteiger partial charge is 0.497 e. The van der Waals surface area contributed by atoms with Crippen LogP contribution in [-0.2, 0) is 0 Å². The highest BCUT2D eigenvalue weighted by Crippen LogP contribution is 2.42. The molecule has 0 aliphatic heterocycles. The van der Waals surface area contributed by atoms with Crippen molar-refractivity contribution in [3.05, 3.63) is 53.3 Å². The second-order valence-corrected chi connectivity index (χ2v) is 6.60. The van der Waals surface area contributed by atoms with Crippen molar-refractivity contribution in [1.29, 1.82) is 0 Å². The molecule has 1 fully saturated rings. The van der Waals surface area contributed by atoms with E-state index < -0.39 is 0 Å². The molecule has 0 unspecified atom stereocenters. The van der Waals surface area contributed by atoms with Gasteiger partial charge < -0.3 is 19.0 Å². The third-order valence-corrected chi connectivity index (χ3v) is 4.88. The van der Waals surface area contributed by atoms with Gasteiger partial charge in [0, 0.05) is 17.2 Å². The first-order valence-electron chi connectivity index (χ1n) is 8.34. The van der Waals surface area contributed by atoms with Crippen molar-refractivity contribution in [3.63, 3.8) is 0 Å². The predicted molar refractivity (Wildman–Crippen MR) is 102 cm³/mol. The minimum Gasteiger partial charge on any atom is -0.497 e. The smallest absolute Gasteiger partial charge is 0.178 e. The van der Waals surface area contributed by atoms with Gasteiger partial charge in [-0.15, -0.1) is 0 Å². The van der Waals surface area contributed by atoms with Gasteiger partial charge in [-0.2, -0.15) is 0 Å². The number of hydrogen-bond donors (Lipinski definition) is 1. The van der Waals surface area contributed by atoms with Crippen molar-refractivity contribution in [3.8, 4) is 34.0 Å². The maximum Gasteiger partial charge on any atom is 0.178 e. The summed E-state index contributed by atoms with van der Waals surface area (Å²) in [7, 11) is 3.36. The highest BCUT2D eigenvalue weighted by Gasteiger charge is 2.29. The molecule has 1 heterocycles. The molecular formula is C20H20N2O2S. The summed E-state index contributed by atoms with van der Waals surface area (Å²) in [6, 6.07) is 16.7. The van der Waals surface area contributed by atoms with Gasteiger partial charge in [-0.25, -0.2) is 0 Å². The highest BCUT2D eigenvalue weighted by molar-refractivity contribution is 7.71. The van der Waals surface area contributed by atoms with Crippen molar-refractivity contribution < 1.29 is 9.47 Å². The molecule has 0 saturated heterocycles. The molecule has 0 amide bonds. The minimum atomic E-state index is 0.493. The third kappa shape index (κ3) is 2.96. The molecule has 4 nitrogen and oxygen atoms in total. The van der Waals surface area contributed by atoms with E-state index in [2.05, 4.69) is 33.8 Å². The van der Waals surface area contributed by atoms with Crippen LogP contribution in [0.5, 0.6) is 11.5 Å². The summed E-state index contributed by atoms with van der Waals surface area (Å²) >= 11 is 5.63. The molecule has 3 aromatic rings. The summed E-state index contributed by atoms with van der Waals surface area (Å²) in [5, 5.41) is 0. The molecule has 1 aliphatic carbocycles. The van der Waals surface area contributed by atoms with Gasteiger partial charge in [0.1, 0.15) is 11.5 Å². The molecule has 0 spiro atoms. The molecule has 0 bridgehead atoms. The molecule has 2 aromatic carbocycles. The Balaban J connectivity index is 1.88. The molecule has 4 rings (SSSR count). The van der Waals surface area contributed by atoms with E-state index in [-0.39, 0.29) is 0 Å². The number of nitrogens with one attached hydrogen (secondary N) is 1. The Kier molecular flexibility index (Phi) is 4.09. The lowest BCUT2D eigenvalue weighted by molar-refractivity contribution is 0.414. The summed E-state index contributed by atoms with van der Waals surface area (Å²) in [4.78, 5) is 3.42. The lowest BCUT2D eigenvalue weighted by atomic mass is 10.0. The highest BCUT2D eigenvalue weighted by atomic mass is 32.1. The van der Waals surface area contributed by atoms with E-state index in [1.165, 1.54) is 12.8 Å². The van der Waals surface area contributed by atoms with Crippen molar-refractivity contribution in [2.75, 3.05) is 14.2 Å². The molecule has 0 radical (unpaired) electrons. The van der Waals surface area contributed by atoms with Crippen molar-refractivity contribution in [2.24, 2.45) is 0 Å². The number of aromatic nitrogens is 2. The first kappa shape index (κ1) is 16.0. The molecule has 0 atom stereocenters. The lowest BCUT2D eigenvalue weighted by Crippen LogP contribution is -1.97.